The van der Waals surface area contributed by atoms with Crippen LogP contribution in [0.2, 0.25) is 0 Å². The lowest BCUT2D eigenvalue weighted by Crippen LogP contribution is -2.24. The van der Waals surface area contributed by atoms with Crippen LogP contribution in [0, 0.1) is 5.92 Å². The van der Waals surface area contributed by atoms with Crippen LogP contribution in [-0.4, -0.2) is 34.1 Å². The molecule has 3 N–H and O–H groups in total. The number of aromatic nitrogens is 2. The van der Waals surface area contributed by atoms with Gasteiger partial charge in [-0.25, -0.2) is 14.4 Å². The molecule has 1 aromatic carbocycles. The Kier molecular flexibility index (Phi) is 4.59. The van der Waals surface area contributed by atoms with E-state index < -0.39 is 6.67 Å². The van der Waals surface area contributed by atoms with Crippen LogP contribution in [0.5, 0.6) is 5.88 Å². The van der Waals surface area contributed by atoms with Gasteiger partial charge in [0.25, 0.3) is 0 Å². The third kappa shape index (κ3) is 3.61. The molecule has 2 heterocycles. The van der Waals surface area contributed by atoms with E-state index in [0.717, 1.165) is 16.3 Å². The summed E-state index contributed by atoms with van der Waals surface area (Å²) in [5, 5.41) is 14.7. The second-order valence-corrected chi connectivity index (χ2v) is 6.21. The Morgan fingerprint density at radius 1 is 1.38 bits per heavy atom. The van der Waals surface area contributed by atoms with Gasteiger partial charge in [0.1, 0.15) is 18.7 Å². The van der Waals surface area contributed by atoms with E-state index in [1.54, 1.807) is 6.08 Å². The van der Waals surface area contributed by atoms with Gasteiger partial charge in [0, 0.05) is 0 Å². The predicted molar refractivity (Wildman–Crippen MR) is 92.0 cm³/mol. The van der Waals surface area contributed by atoms with Gasteiger partial charge in [-0.15, -0.1) is 0 Å². The number of nitrogens with zero attached hydrogens (tertiary/aromatic N) is 3. The maximum atomic E-state index is 13.1. The number of benzene rings is 1. The number of rotatable bonds is 6. The van der Waals surface area contributed by atoms with Crippen molar-refractivity contribution < 1.29 is 9.50 Å². The van der Waals surface area contributed by atoms with Gasteiger partial charge >= 0.3 is 0 Å². The molecule has 126 valence electrons. The van der Waals surface area contributed by atoms with Crippen molar-refractivity contribution in [2.24, 2.45) is 15.9 Å². The van der Waals surface area contributed by atoms with Crippen LogP contribution in [-0.2, 0) is 0 Å². The zero-order chi connectivity index (χ0) is 17.1. The van der Waals surface area contributed by atoms with Crippen molar-refractivity contribution in [2.45, 2.75) is 26.3 Å². The molecule has 6 nitrogen and oxygen atoms in total. The van der Waals surface area contributed by atoms with E-state index in [2.05, 4.69) is 25.3 Å². The second-order valence-electron chi connectivity index (χ2n) is 6.21. The Labute approximate surface area is 138 Å². The minimum atomic E-state index is -0.495. The number of aromatic hydroxyl groups is 1. The van der Waals surface area contributed by atoms with Gasteiger partial charge in [0.15, 0.2) is 0 Å². The molecule has 1 aromatic heterocycles. The largest absolute Gasteiger partial charge is 0.492 e. The molecule has 0 spiro atoms. The first-order valence-corrected chi connectivity index (χ1v) is 7.89. The van der Waals surface area contributed by atoms with E-state index in [1.807, 2.05) is 32.0 Å². The molecule has 0 saturated heterocycles. The summed E-state index contributed by atoms with van der Waals surface area (Å²) < 4.78 is 13.1. The molecular weight excluding hydrogens is 309 g/mol. The first-order valence-electron chi connectivity index (χ1n) is 7.89. The highest BCUT2D eigenvalue weighted by atomic mass is 19.1. The highest BCUT2D eigenvalue weighted by molar-refractivity contribution is 5.67. The Hall–Kier alpha value is -2.70. The first kappa shape index (κ1) is 16.2. The van der Waals surface area contributed by atoms with Crippen molar-refractivity contribution in [2.75, 3.05) is 12.0 Å². The number of aliphatic imine (C=N–C) groups is 1. The van der Waals surface area contributed by atoms with Gasteiger partial charge in [0.2, 0.25) is 11.8 Å². The quantitative estimate of drug-likeness (QED) is 0.758. The monoisotopic (exact) mass is 329 g/mol. The molecule has 1 aliphatic heterocycles. The van der Waals surface area contributed by atoms with Gasteiger partial charge in [-0.3, -0.25) is 0 Å². The summed E-state index contributed by atoms with van der Waals surface area (Å²) in [4.78, 5) is 15.3. The highest BCUT2D eigenvalue weighted by Gasteiger charge is 2.14. The van der Waals surface area contributed by atoms with Crippen LogP contribution in [0.15, 0.2) is 28.2 Å². The molecule has 0 radical (unpaired) electrons. The number of hydrogen-bond acceptors (Lipinski definition) is 5. The number of aromatic amines is 1. The van der Waals surface area contributed by atoms with Gasteiger partial charge in [0.05, 0.1) is 17.1 Å². The Bertz CT molecular complexity index is 872. The third-order valence-corrected chi connectivity index (χ3v) is 3.70. The standard InChI is InChI=1S/C17H20FN5O/c1-10(2)5-12(8-18)21-17-22-15(16(24)23-17)7-11-3-4-13-14(6-11)20-9-19-13/h3-4,6-7,9-10,12,24H,5,8H2,1-2H3,(H2,21,22,23)/t12-/m0/s1. The summed E-state index contributed by atoms with van der Waals surface area (Å²) in [7, 11) is 0. The second kappa shape index (κ2) is 6.82. The van der Waals surface area contributed by atoms with E-state index in [-0.39, 0.29) is 11.9 Å². The summed E-state index contributed by atoms with van der Waals surface area (Å²) in [6.45, 7) is 3.57. The Balaban J connectivity index is 1.83. The van der Waals surface area contributed by atoms with Crippen molar-refractivity contribution in [3.05, 3.63) is 34.5 Å². The first-order chi connectivity index (χ1) is 11.5. The Morgan fingerprint density at radius 3 is 2.96 bits per heavy atom. The van der Waals surface area contributed by atoms with Crippen molar-refractivity contribution >= 4 is 24.1 Å². The summed E-state index contributed by atoms with van der Waals surface area (Å²) in [5.74, 6) is 0.592. The van der Waals surface area contributed by atoms with E-state index in [0.29, 0.717) is 24.0 Å². The average molecular weight is 329 g/mol. The fourth-order valence-electron chi connectivity index (χ4n) is 2.63. The number of nitrogens with one attached hydrogen (secondary N) is 2. The van der Waals surface area contributed by atoms with Gasteiger partial charge in [-0.2, -0.15) is 4.98 Å². The normalized spacial score (nSPS) is 14.8. The molecule has 3 rings (SSSR count). The predicted octanol–water partition coefficient (Wildman–Crippen LogP) is 2.03. The van der Waals surface area contributed by atoms with E-state index in [4.69, 9.17) is 0 Å². The summed E-state index contributed by atoms with van der Waals surface area (Å²) in [6, 6.07) is 5.29. The molecule has 24 heavy (non-hydrogen) atoms. The molecule has 0 bridgehead atoms. The molecule has 7 heteroatoms. The maximum Gasteiger partial charge on any atom is 0.238 e. The zero-order valence-electron chi connectivity index (χ0n) is 13.6. The molecule has 0 fully saturated rings. The number of anilines is 1. The minimum absolute atomic E-state index is 0.131. The summed E-state index contributed by atoms with van der Waals surface area (Å²) in [6.07, 6.45) is 3.95. The van der Waals surface area contributed by atoms with Crippen LogP contribution < -0.4 is 15.9 Å². The lowest BCUT2D eigenvalue weighted by Gasteiger charge is -2.16. The van der Waals surface area contributed by atoms with E-state index in [9.17, 15) is 9.50 Å². The minimum Gasteiger partial charge on any atom is -0.492 e. The molecule has 1 atom stereocenters. The number of halogens is 1. The average Bonchev–Trinajstić information content (AvgIpc) is 3.12. The fourth-order valence-corrected chi connectivity index (χ4v) is 2.63. The number of alkyl halides is 1. The molecule has 0 aliphatic carbocycles. The lowest BCUT2D eigenvalue weighted by molar-refractivity contribution is 0.396. The fraction of sp³-hybridized carbons (Fsp3) is 0.353. The molecule has 0 unspecified atom stereocenters. The van der Waals surface area contributed by atoms with Crippen LogP contribution in [0.3, 0.4) is 0 Å². The van der Waals surface area contributed by atoms with Crippen LogP contribution in [0.1, 0.15) is 26.0 Å². The van der Waals surface area contributed by atoms with Crippen LogP contribution in [0.25, 0.3) is 6.08 Å². The highest BCUT2D eigenvalue weighted by Crippen LogP contribution is 2.19. The maximum absolute atomic E-state index is 13.1. The number of hydrogen-bond donors (Lipinski definition) is 3. The van der Waals surface area contributed by atoms with Gasteiger partial charge < -0.3 is 15.4 Å². The van der Waals surface area contributed by atoms with Crippen molar-refractivity contribution in [1.29, 1.82) is 0 Å². The van der Waals surface area contributed by atoms with Gasteiger partial charge in [-0.05, 0) is 35.8 Å². The van der Waals surface area contributed by atoms with Crippen LogP contribution >= 0.6 is 0 Å². The number of fused-ring (bicyclic) bond motifs is 1. The van der Waals surface area contributed by atoms with Crippen molar-refractivity contribution in [1.82, 2.24) is 9.97 Å². The van der Waals surface area contributed by atoms with Crippen LogP contribution in [0.4, 0.5) is 16.0 Å². The SMILES string of the molecule is CC(C)C[C@@H](CF)Nc1nc(O)c(C=c2ccc3c(c2)N=CN=3)[nH]1. The smallest absolute Gasteiger partial charge is 0.238 e. The number of imidazole rings is 1. The number of H-pyrrole nitrogens is 1. The molecule has 2 aromatic rings. The zero-order valence-corrected chi connectivity index (χ0v) is 13.6. The van der Waals surface area contributed by atoms with Crippen molar-refractivity contribution in [3.63, 3.8) is 0 Å². The van der Waals surface area contributed by atoms with E-state index in [1.165, 1.54) is 6.34 Å². The molecule has 0 saturated carbocycles. The lowest BCUT2D eigenvalue weighted by atomic mass is 10.1. The third-order valence-electron chi connectivity index (χ3n) is 3.70. The van der Waals surface area contributed by atoms with Crippen molar-refractivity contribution in [3.8, 4) is 5.88 Å². The van der Waals surface area contributed by atoms with Gasteiger partial charge in [-0.1, -0.05) is 19.9 Å². The molecular formula is C17H20FN5O. The molecule has 0 amide bonds. The summed E-state index contributed by atoms with van der Waals surface area (Å²) in [5.41, 5.74) is 1.24. The summed E-state index contributed by atoms with van der Waals surface area (Å²) >= 11 is 0. The Morgan fingerprint density at radius 2 is 2.21 bits per heavy atom. The van der Waals surface area contributed by atoms with E-state index >= 15 is 0 Å². The molecule has 1 aliphatic rings. The topological polar surface area (TPSA) is 85.7 Å².